The van der Waals surface area contributed by atoms with Crippen molar-refractivity contribution in [3.63, 3.8) is 0 Å². The lowest BCUT2D eigenvalue weighted by atomic mass is 9.96. The van der Waals surface area contributed by atoms with Gasteiger partial charge in [-0.15, -0.1) is 0 Å². The highest BCUT2D eigenvalue weighted by atomic mass is 16.3. The van der Waals surface area contributed by atoms with Crippen molar-refractivity contribution in [2.45, 2.75) is 39.3 Å². The zero-order chi connectivity index (χ0) is 15.1. The third kappa shape index (κ3) is 5.42. The molecule has 0 saturated carbocycles. The molecule has 0 radical (unpaired) electrons. The topological polar surface area (TPSA) is 26.7 Å². The summed E-state index contributed by atoms with van der Waals surface area (Å²) in [4.78, 5) is 5.00. The van der Waals surface area contributed by atoms with E-state index in [1.165, 1.54) is 18.4 Å². The Hall–Kier alpha value is -0.900. The highest BCUT2D eigenvalue weighted by Gasteiger charge is 2.22. The highest BCUT2D eigenvalue weighted by molar-refractivity contribution is 5.14. The number of aliphatic hydroxyl groups is 1. The quantitative estimate of drug-likeness (QED) is 0.836. The molecule has 1 atom stereocenters. The molecule has 1 aliphatic rings. The molecular formula is C18H30N2O. The number of piperidine rings is 1. The molecule has 1 N–H and O–H groups in total. The van der Waals surface area contributed by atoms with Crippen LogP contribution in [0.25, 0.3) is 0 Å². The summed E-state index contributed by atoms with van der Waals surface area (Å²) >= 11 is 0. The van der Waals surface area contributed by atoms with Crippen molar-refractivity contribution in [2.75, 3.05) is 32.8 Å². The molecule has 0 amide bonds. The van der Waals surface area contributed by atoms with Gasteiger partial charge in [-0.3, -0.25) is 4.90 Å². The molecule has 1 aliphatic heterocycles. The van der Waals surface area contributed by atoms with Gasteiger partial charge in [-0.25, -0.2) is 0 Å². The fraction of sp³-hybridized carbons (Fsp3) is 0.667. The zero-order valence-electron chi connectivity index (χ0n) is 13.5. The van der Waals surface area contributed by atoms with Gasteiger partial charge < -0.3 is 10.0 Å². The van der Waals surface area contributed by atoms with Crippen LogP contribution in [0.1, 0.15) is 32.3 Å². The third-order valence-corrected chi connectivity index (χ3v) is 4.47. The summed E-state index contributed by atoms with van der Waals surface area (Å²) in [6.45, 7) is 10.2. The summed E-state index contributed by atoms with van der Waals surface area (Å²) in [5, 5.41) is 9.12. The van der Waals surface area contributed by atoms with Gasteiger partial charge in [0.15, 0.2) is 0 Å². The van der Waals surface area contributed by atoms with Crippen molar-refractivity contribution in [1.29, 1.82) is 0 Å². The van der Waals surface area contributed by atoms with Gasteiger partial charge >= 0.3 is 0 Å². The van der Waals surface area contributed by atoms with Crippen LogP contribution < -0.4 is 0 Å². The minimum absolute atomic E-state index is 0.282. The van der Waals surface area contributed by atoms with E-state index in [1.807, 2.05) is 0 Å². The number of nitrogens with zero attached hydrogens (tertiary/aromatic N) is 2. The molecular weight excluding hydrogens is 260 g/mol. The van der Waals surface area contributed by atoms with Crippen molar-refractivity contribution in [3.05, 3.63) is 35.9 Å². The average molecular weight is 290 g/mol. The van der Waals surface area contributed by atoms with Crippen molar-refractivity contribution < 1.29 is 5.11 Å². The van der Waals surface area contributed by atoms with Crippen molar-refractivity contribution >= 4 is 0 Å². The Balaban J connectivity index is 1.90. The molecule has 0 bridgehead atoms. The summed E-state index contributed by atoms with van der Waals surface area (Å²) in [7, 11) is 0. The Morgan fingerprint density at radius 3 is 2.71 bits per heavy atom. The monoisotopic (exact) mass is 290 g/mol. The van der Waals surface area contributed by atoms with E-state index in [-0.39, 0.29) is 6.61 Å². The summed E-state index contributed by atoms with van der Waals surface area (Å²) in [5.74, 6) is 0.733. The van der Waals surface area contributed by atoms with Gasteiger partial charge in [0.25, 0.3) is 0 Å². The molecule has 1 aromatic carbocycles. The van der Waals surface area contributed by atoms with E-state index in [4.69, 9.17) is 5.11 Å². The first-order valence-electron chi connectivity index (χ1n) is 8.30. The normalized spacial score (nSPS) is 20.3. The van der Waals surface area contributed by atoms with Gasteiger partial charge in [-0.1, -0.05) is 30.3 Å². The standard InChI is InChI=1S/C18H30N2O/c1-16(2)20(14-17-7-4-3-5-8-17)15-18-9-6-10-19(13-18)11-12-21/h3-5,7-8,16,18,21H,6,9-15H2,1-2H3/t18-/m1/s1. The van der Waals surface area contributed by atoms with Gasteiger partial charge in [0.05, 0.1) is 6.61 Å². The first kappa shape index (κ1) is 16.5. The molecule has 0 unspecified atom stereocenters. The molecule has 3 nitrogen and oxygen atoms in total. The Morgan fingerprint density at radius 1 is 1.29 bits per heavy atom. The van der Waals surface area contributed by atoms with E-state index >= 15 is 0 Å². The lowest BCUT2D eigenvalue weighted by Crippen LogP contribution is -2.43. The second-order valence-electron chi connectivity index (χ2n) is 6.54. The van der Waals surface area contributed by atoms with Gasteiger partial charge in [-0.05, 0) is 44.7 Å². The Bertz CT molecular complexity index is 391. The maximum Gasteiger partial charge on any atom is 0.0558 e. The molecule has 1 heterocycles. The maximum atomic E-state index is 9.12. The first-order chi connectivity index (χ1) is 10.2. The minimum atomic E-state index is 0.282. The number of hydrogen-bond acceptors (Lipinski definition) is 3. The van der Waals surface area contributed by atoms with Crippen LogP contribution in [-0.4, -0.2) is 53.7 Å². The van der Waals surface area contributed by atoms with Crippen LogP contribution in [-0.2, 0) is 6.54 Å². The van der Waals surface area contributed by atoms with Crippen molar-refractivity contribution in [1.82, 2.24) is 9.80 Å². The molecule has 2 rings (SSSR count). The number of benzene rings is 1. The molecule has 21 heavy (non-hydrogen) atoms. The molecule has 0 spiro atoms. The van der Waals surface area contributed by atoms with Gasteiger partial charge in [0.2, 0.25) is 0 Å². The molecule has 1 saturated heterocycles. The van der Waals surface area contributed by atoms with Crippen LogP contribution in [0.3, 0.4) is 0 Å². The zero-order valence-corrected chi connectivity index (χ0v) is 13.5. The van der Waals surface area contributed by atoms with Crippen LogP contribution in [0.2, 0.25) is 0 Å². The van der Waals surface area contributed by atoms with Crippen LogP contribution in [0.4, 0.5) is 0 Å². The summed E-state index contributed by atoms with van der Waals surface area (Å²) in [5.41, 5.74) is 1.40. The smallest absolute Gasteiger partial charge is 0.0558 e. The second-order valence-corrected chi connectivity index (χ2v) is 6.54. The van der Waals surface area contributed by atoms with Crippen LogP contribution >= 0.6 is 0 Å². The second kappa shape index (κ2) is 8.52. The summed E-state index contributed by atoms with van der Waals surface area (Å²) < 4.78 is 0. The van der Waals surface area contributed by atoms with E-state index < -0.39 is 0 Å². The van der Waals surface area contributed by atoms with Crippen LogP contribution in [0.15, 0.2) is 30.3 Å². The van der Waals surface area contributed by atoms with Crippen molar-refractivity contribution in [2.24, 2.45) is 5.92 Å². The predicted octanol–water partition coefficient (Wildman–Crippen LogP) is 2.60. The van der Waals surface area contributed by atoms with E-state index in [2.05, 4.69) is 54.0 Å². The van der Waals surface area contributed by atoms with E-state index in [1.54, 1.807) is 0 Å². The number of β-amino-alcohol motifs (C(OH)–C–C–N with tert-alkyl or cyclic N) is 1. The lowest BCUT2D eigenvalue weighted by Gasteiger charge is -2.37. The molecule has 3 heteroatoms. The van der Waals surface area contributed by atoms with Gasteiger partial charge in [-0.2, -0.15) is 0 Å². The fourth-order valence-electron chi connectivity index (χ4n) is 3.25. The van der Waals surface area contributed by atoms with E-state index in [0.29, 0.717) is 6.04 Å². The van der Waals surface area contributed by atoms with Crippen molar-refractivity contribution in [3.8, 4) is 0 Å². The first-order valence-corrected chi connectivity index (χ1v) is 8.30. The number of hydrogen-bond donors (Lipinski definition) is 1. The molecule has 1 fully saturated rings. The van der Waals surface area contributed by atoms with Crippen LogP contribution in [0.5, 0.6) is 0 Å². The largest absolute Gasteiger partial charge is 0.395 e. The third-order valence-electron chi connectivity index (χ3n) is 4.47. The molecule has 0 aromatic heterocycles. The summed E-state index contributed by atoms with van der Waals surface area (Å²) in [6, 6.07) is 11.3. The molecule has 0 aliphatic carbocycles. The fourth-order valence-corrected chi connectivity index (χ4v) is 3.25. The molecule has 1 aromatic rings. The number of likely N-dealkylation sites (tertiary alicyclic amines) is 1. The average Bonchev–Trinajstić information content (AvgIpc) is 2.48. The van der Waals surface area contributed by atoms with Gasteiger partial charge in [0, 0.05) is 32.2 Å². The highest BCUT2D eigenvalue weighted by Crippen LogP contribution is 2.19. The summed E-state index contributed by atoms with van der Waals surface area (Å²) in [6.07, 6.45) is 2.59. The SMILES string of the molecule is CC(C)N(Cc1ccccc1)C[C@@H]1CCCN(CCO)C1. The molecule has 118 valence electrons. The Morgan fingerprint density at radius 2 is 2.05 bits per heavy atom. The lowest BCUT2D eigenvalue weighted by molar-refractivity contribution is 0.0997. The number of rotatable bonds is 7. The Labute approximate surface area is 129 Å². The van der Waals surface area contributed by atoms with Crippen LogP contribution in [0, 0.1) is 5.92 Å². The minimum Gasteiger partial charge on any atom is -0.395 e. The van der Waals surface area contributed by atoms with Gasteiger partial charge in [0.1, 0.15) is 0 Å². The van der Waals surface area contributed by atoms with E-state index in [9.17, 15) is 0 Å². The maximum absolute atomic E-state index is 9.12. The predicted molar refractivity (Wildman–Crippen MR) is 88.2 cm³/mol. The Kier molecular flexibility index (Phi) is 6.68. The van der Waals surface area contributed by atoms with E-state index in [0.717, 1.165) is 38.6 Å². The number of aliphatic hydroxyl groups excluding tert-OH is 1.